The quantitative estimate of drug-likeness (QED) is 0.933. The van der Waals surface area contributed by atoms with E-state index in [9.17, 15) is 4.79 Å². The number of amides is 1. The first-order valence-corrected chi connectivity index (χ1v) is 8.49. The van der Waals surface area contributed by atoms with Gasteiger partial charge in [-0.25, -0.2) is 4.99 Å². The Morgan fingerprint density at radius 1 is 1.00 bits per heavy atom. The number of carbonyl (C=O) groups is 1. The lowest BCUT2D eigenvalue weighted by Gasteiger charge is -2.29. The van der Waals surface area contributed by atoms with Crippen molar-refractivity contribution in [3.63, 3.8) is 0 Å². The van der Waals surface area contributed by atoms with Crippen molar-refractivity contribution in [2.24, 2.45) is 4.99 Å². The molecule has 1 aliphatic rings. The molecule has 3 rings (SSSR count). The van der Waals surface area contributed by atoms with Crippen LogP contribution in [0.5, 0.6) is 0 Å². The third-order valence-corrected chi connectivity index (χ3v) is 4.26. The molecule has 2 aromatic rings. The molecule has 0 saturated carbocycles. The van der Waals surface area contributed by atoms with Crippen LogP contribution in [0.1, 0.15) is 43.5 Å². The summed E-state index contributed by atoms with van der Waals surface area (Å²) in [5, 5.41) is 3.26. The summed E-state index contributed by atoms with van der Waals surface area (Å²) in [6.07, 6.45) is 0.454. The molecule has 1 amide bonds. The van der Waals surface area contributed by atoms with Gasteiger partial charge in [0.1, 0.15) is 6.04 Å². The van der Waals surface area contributed by atoms with Crippen LogP contribution < -0.4 is 5.32 Å². The number of nitrogens with zero attached hydrogens (tertiary/aromatic N) is 2. The summed E-state index contributed by atoms with van der Waals surface area (Å²) in [6.45, 7) is 4.64. The number of benzene rings is 2. The van der Waals surface area contributed by atoms with Gasteiger partial charge >= 0.3 is 0 Å². The standard InChI is InChI=1S/C20H23N3O/c1-3-17(24)23-19(16-13-9-6-10-14-16)18(22-20(23)21-4-2)15-11-7-5-8-12-15/h5-14,18-19H,3-4H2,1-2H3,(H,21,22)/t18-,19-/m0/s1. The van der Waals surface area contributed by atoms with Crippen LogP contribution in [0.25, 0.3) is 0 Å². The van der Waals surface area contributed by atoms with Crippen LogP contribution >= 0.6 is 0 Å². The molecule has 0 aliphatic carbocycles. The van der Waals surface area contributed by atoms with Gasteiger partial charge in [0.25, 0.3) is 0 Å². The van der Waals surface area contributed by atoms with Gasteiger partial charge in [0.05, 0.1) is 6.04 Å². The molecule has 2 atom stereocenters. The molecule has 1 aliphatic heterocycles. The van der Waals surface area contributed by atoms with E-state index in [0.29, 0.717) is 12.4 Å². The van der Waals surface area contributed by atoms with Crippen LogP contribution in [-0.4, -0.2) is 23.3 Å². The number of guanidine groups is 1. The Morgan fingerprint density at radius 2 is 1.58 bits per heavy atom. The summed E-state index contributed by atoms with van der Waals surface area (Å²) >= 11 is 0. The van der Waals surface area contributed by atoms with Crippen LogP contribution in [0.2, 0.25) is 0 Å². The molecule has 0 unspecified atom stereocenters. The Kier molecular flexibility index (Phi) is 4.94. The van der Waals surface area contributed by atoms with Crippen molar-refractivity contribution in [3.05, 3.63) is 71.8 Å². The number of rotatable bonds is 4. The van der Waals surface area contributed by atoms with Crippen molar-refractivity contribution in [2.75, 3.05) is 6.54 Å². The molecule has 1 heterocycles. The predicted molar refractivity (Wildman–Crippen MR) is 96.6 cm³/mol. The summed E-state index contributed by atoms with van der Waals surface area (Å²) in [7, 11) is 0. The number of carbonyl (C=O) groups excluding carboxylic acids is 1. The van der Waals surface area contributed by atoms with E-state index in [1.165, 1.54) is 0 Å². The third-order valence-electron chi connectivity index (χ3n) is 4.26. The van der Waals surface area contributed by atoms with Gasteiger partial charge in [0.15, 0.2) is 0 Å². The number of hydrogen-bond acceptors (Lipinski definition) is 3. The molecule has 124 valence electrons. The van der Waals surface area contributed by atoms with Gasteiger partial charge < -0.3 is 5.32 Å². The second-order valence-electron chi connectivity index (χ2n) is 5.81. The number of aliphatic imine (C=N–C) groups is 1. The Bertz CT molecular complexity index is 712. The van der Waals surface area contributed by atoms with E-state index in [0.717, 1.165) is 17.7 Å². The maximum Gasteiger partial charge on any atom is 0.229 e. The van der Waals surface area contributed by atoms with Gasteiger partial charge in [0, 0.05) is 13.0 Å². The maximum atomic E-state index is 12.7. The molecule has 4 heteroatoms. The zero-order valence-electron chi connectivity index (χ0n) is 14.1. The second-order valence-corrected chi connectivity index (χ2v) is 5.81. The SMILES string of the molecule is CCNC1=N[C@@H](c2ccccc2)[C@H](c2ccccc2)N1C(=O)CC. The largest absolute Gasteiger partial charge is 0.356 e. The number of hydrogen-bond donors (Lipinski definition) is 1. The molecule has 0 saturated heterocycles. The number of nitrogens with one attached hydrogen (secondary N) is 1. The Morgan fingerprint density at radius 3 is 2.12 bits per heavy atom. The summed E-state index contributed by atoms with van der Waals surface area (Å²) in [6, 6.07) is 20.1. The molecule has 0 radical (unpaired) electrons. The molecule has 1 N–H and O–H groups in total. The van der Waals surface area contributed by atoms with E-state index < -0.39 is 0 Å². The van der Waals surface area contributed by atoms with E-state index in [1.807, 2.05) is 55.1 Å². The first-order chi connectivity index (χ1) is 11.8. The van der Waals surface area contributed by atoms with Crippen molar-refractivity contribution >= 4 is 11.9 Å². The molecular formula is C20H23N3O. The molecule has 4 nitrogen and oxygen atoms in total. The first kappa shape index (κ1) is 16.2. The van der Waals surface area contributed by atoms with Crippen LogP contribution in [-0.2, 0) is 4.79 Å². The Labute approximate surface area is 143 Å². The fourth-order valence-corrected chi connectivity index (χ4v) is 3.16. The zero-order valence-corrected chi connectivity index (χ0v) is 14.1. The molecule has 0 aromatic heterocycles. The van der Waals surface area contributed by atoms with Gasteiger partial charge in [0.2, 0.25) is 11.9 Å². The highest BCUT2D eigenvalue weighted by atomic mass is 16.2. The maximum absolute atomic E-state index is 12.7. The Balaban J connectivity index is 2.09. The van der Waals surface area contributed by atoms with E-state index in [4.69, 9.17) is 4.99 Å². The van der Waals surface area contributed by atoms with Crippen LogP contribution in [0.3, 0.4) is 0 Å². The minimum atomic E-state index is -0.116. The minimum Gasteiger partial charge on any atom is -0.356 e. The molecule has 0 bridgehead atoms. The van der Waals surface area contributed by atoms with Gasteiger partial charge in [-0.15, -0.1) is 0 Å². The third kappa shape index (κ3) is 3.04. The lowest BCUT2D eigenvalue weighted by molar-refractivity contribution is -0.128. The average Bonchev–Trinajstić information content (AvgIpc) is 3.02. The van der Waals surface area contributed by atoms with Crippen molar-refractivity contribution in [3.8, 4) is 0 Å². The van der Waals surface area contributed by atoms with Crippen LogP contribution in [0.15, 0.2) is 65.7 Å². The van der Waals surface area contributed by atoms with Crippen LogP contribution in [0.4, 0.5) is 0 Å². The van der Waals surface area contributed by atoms with Crippen molar-refractivity contribution in [2.45, 2.75) is 32.4 Å². The Hall–Kier alpha value is -2.62. The zero-order chi connectivity index (χ0) is 16.9. The van der Waals surface area contributed by atoms with Gasteiger partial charge in [-0.3, -0.25) is 9.69 Å². The highest BCUT2D eigenvalue weighted by Crippen LogP contribution is 2.41. The van der Waals surface area contributed by atoms with Crippen LogP contribution in [0, 0.1) is 0 Å². The highest BCUT2D eigenvalue weighted by molar-refractivity contribution is 5.99. The molecule has 0 spiro atoms. The normalized spacial score (nSPS) is 19.9. The van der Waals surface area contributed by atoms with E-state index in [-0.39, 0.29) is 18.0 Å². The second kappa shape index (κ2) is 7.30. The van der Waals surface area contributed by atoms with Gasteiger partial charge in [-0.05, 0) is 18.1 Å². The summed E-state index contributed by atoms with van der Waals surface area (Å²) in [5.74, 6) is 0.758. The van der Waals surface area contributed by atoms with Crippen molar-refractivity contribution in [1.29, 1.82) is 0 Å². The predicted octanol–water partition coefficient (Wildman–Crippen LogP) is 3.69. The summed E-state index contributed by atoms with van der Waals surface area (Å²) < 4.78 is 0. The fourth-order valence-electron chi connectivity index (χ4n) is 3.16. The first-order valence-electron chi connectivity index (χ1n) is 8.49. The fraction of sp³-hybridized carbons (Fsp3) is 0.300. The van der Waals surface area contributed by atoms with Gasteiger partial charge in [-0.1, -0.05) is 67.6 Å². The van der Waals surface area contributed by atoms with E-state index >= 15 is 0 Å². The van der Waals surface area contributed by atoms with Crippen molar-refractivity contribution in [1.82, 2.24) is 10.2 Å². The topological polar surface area (TPSA) is 44.7 Å². The molecular weight excluding hydrogens is 298 g/mol. The van der Waals surface area contributed by atoms with E-state index in [2.05, 4.69) is 29.6 Å². The molecule has 0 fully saturated rings. The van der Waals surface area contributed by atoms with Gasteiger partial charge in [-0.2, -0.15) is 0 Å². The minimum absolute atomic E-state index is 0.0852. The monoisotopic (exact) mass is 321 g/mol. The molecule has 2 aromatic carbocycles. The lowest BCUT2D eigenvalue weighted by Crippen LogP contribution is -2.43. The average molecular weight is 321 g/mol. The lowest BCUT2D eigenvalue weighted by atomic mass is 9.93. The van der Waals surface area contributed by atoms with E-state index in [1.54, 1.807) is 0 Å². The van der Waals surface area contributed by atoms with Crippen molar-refractivity contribution < 1.29 is 4.79 Å². The smallest absolute Gasteiger partial charge is 0.229 e. The highest BCUT2D eigenvalue weighted by Gasteiger charge is 2.40. The summed E-state index contributed by atoms with van der Waals surface area (Å²) in [4.78, 5) is 19.4. The summed E-state index contributed by atoms with van der Waals surface area (Å²) in [5.41, 5.74) is 2.22. The molecule has 24 heavy (non-hydrogen) atoms.